The van der Waals surface area contributed by atoms with E-state index in [0.717, 1.165) is 12.8 Å². The van der Waals surface area contributed by atoms with Gasteiger partial charge in [-0.15, -0.1) is 0 Å². The molecule has 1 aromatic carbocycles. The van der Waals surface area contributed by atoms with Crippen LogP contribution in [-0.2, 0) is 10.0 Å². The van der Waals surface area contributed by atoms with E-state index in [1.807, 2.05) is 6.92 Å². The third-order valence-corrected chi connectivity index (χ3v) is 6.26. The van der Waals surface area contributed by atoms with Gasteiger partial charge in [-0.25, -0.2) is 8.42 Å². The standard InChI is InChI=1S/C13H18Cl2N2O2S/c1-9(16)10-3-2-6-17(8-10)20(18,19)13-7-11(14)4-5-12(13)15/h4-5,7,9-10H,2-3,6,8,16H2,1H3/t9-,10-/m0/s1. The molecule has 1 aliphatic heterocycles. The molecule has 20 heavy (non-hydrogen) atoms. The van der Waals surface area contributed by atoms with Crippen LogP contribution in [0.3, 0.4) is 0 Å². The Kier molecular flexibility index (Phi) is 4.97. The summed E-state index contributed by atoms with van der Waals surface area (Å²) >= 11 is 11.9. The first-order chi connectivity index (χ1) is 9.32. The van der Waals surface area contributed by atoms with Crippen LogP contribution < -0.4 is 5.73 Å². The molecule has 0 unspecified atom stereocenters. The summed E-state index contributed by atoms with van der Waals surface area (Å²) in [5.41, 5.74) is 5.90. The molecule has 1 saturated heterocycles. The maximum absolute atomic E-state index is 12.7. The molecule has 0 spiro atoms. The third kappa shape index (κ3) is 3.28. The Hall–Kier alpha value is -0.330. The van der Waals surface area contributed by atoms with E-state index in [0.29, 0.717) is 18.1 Å². The van der Waals surface area contributed by atoms with Crippen molar-refractivity contribution in [2.45, 2.75) is 30.7 Å². The highest BCUT2D eigenvalue weighted by Crippen LogP contribution is 2.30. The highest BCUT2D eigenvalue weighted by molar-refractivity contribution is 7.89. The molecule has 0 bridgehead atoms. The highest BCUT2D eigenvalue weighted by Gasteiger charge is 2.32. The molecule has 0 radical (unpaired) electrons. The Labute approximate surface area is 129 Å². The minimum atomic E-state index is -3.62. The van der Waals surface area contributed by atoms with Crippen LogP contribution in [0.2, 0.25) is 10.0 Å². The van der Waals surface area contributed by atoms with Crippen molar-refractivity contribution in [1.82, 2.24) is 4.31 Å². The van der Waals surface area contributed by atoms with Crippen LogP contribution in [0.15, 0.2) is 23.1 Å². The van der Waals surface area contributed by atoms with Gasteiger partial charge in [0.1, 0.15) is 4.90 Å². The van der Waals surface area contributed by atoms with Gasteiger partial charge in [-0.3, -0.25) is 0 Å². The molecule has 0 aliphatic carbocycles. The summed E-state index contributed by atoms with van der Waals surface area (Å²) in [6, 6.07) is 4.45. The molecule has 2 N–H and O–H groups in total. The zero-order valence-electron chi connectivity index (χ0n) is 11.2. The summed E-state index contributed by atoms with van der Waals surface area (Å²) in [4.78, 5) is 0.0667. The molecule has 0 saturated carbocycles. The maximum Gasteiger partial charge on any atom is 0.244 e. The zero-order valence-corrected chi connectivity index (χ0v) is 13.5. The molecular weight excluding hydrogens is 319 g/mol. The van der Waals surface area contributed by atoms with Crippen LogP contribution in [0.25, 0.3) is 0 Å². The number of nitrogens with two attached hydrogens (primary N) is 1. The fourth-order valence-electron chi connectivity index (χ4n) is 2.44. The van der Waals surface area contributed by atoms with Crippen molar-refractivity contribution in [3.63, 3.8) is 0 Å². The zero-order chi connectivity index (χ0) is 14.9. The minimum Gasteiger partial charge on any atom is -0.328 e. The molecule has 2 atom stereocenters. The molecule has 1 heterocycles. The lowest BCUT2D eigenvalue weighted by molar-refractivity contribution is 0.243. The van der Waals surface area contributed by atoms with E-state index in [4.69, 9.17) is 28.9 Å². The second kappa shape index (κ2) is 6.20. The maximum atomic E-state index is 12.7. The number of sulfonamides is 1. The van der Waals surface area contributed by atoms with Crippen LogP contribution in [0.4, 0.5) is 0 Å². The fourth-order valence-corrected chi connectivity index (χ4v) is 4.71. The smallest absolute Gasteiger partial charge is 0.244 e. The van der Waals surface area contributed by atoms with Crippen LogP contribution in [0.5, 0.6) is 0 Å². The number of nitrogens with zero attached hydrogens (tertiary/aromatic N) is 1. The lowest BCUT2D eigenvalue weighted by Gasteiger charge is -2.33. The van der Waals surface area contributed by atoms with Crippen molar-refractivity contribution in [2.24, 2.45) is 11.7 Å². The lowest BCUT2D eigenvalue weighted by atomic mass is 9.93. The monoisotopic (exact) mass is 336 g/mol. The van der Waals surface area contributed by atoms with E-state index in [1.165, 1.54) is 16.4 Å². The first-order valence-corrected chi connectivity index (χ1v) is 8.72. The van der Waals surface area contributed by atoms with Gasteiger partial charge in [0.2, 0.25) is 10.0 Å². The van der Waals surface area contributed by atoms with Crippen LogP contribution in [0.1, 0.15) is 19.8 Å². The fraction of sp³-hybridized carbons (Fsp3) is 0.538. The van der Waals surface area contributed by atoms with Gasteiger partial charge in [0.25, 0.3) is 0 Å². The molecule has 4 nitrogen and oxygen atoms in total. The Morgan fingerprint density at radius 3 is 2.75 bits per heavy atom. The van der Waals surface area contributed by atoms with Gasteiger partial charge in [0, 0.05) is 24.2 Å². The first kappa shape index (κ1) is 16.0. The normalized spacial score (nSPS) is 22.7. The SMILES string of the molecule is C[C@H](N)[C@H]1CCCN(S(=O)(=O)c2cc(Cl)ccc2Cl)C1. The quantitative estimate of drug-likeness (QED) is 0.922. The Balaban J connectivity index is 2.32. The Morgan fingerprint density at radius 2 is 2.10 bits per heavy atom. The molecule has 112 valence electrons. The van der Waals surface area contributed by atoms with Gasteiger partial charge in [-0.1, -0.05) is 23.2 Å². The van der Waals surface area contributed by atoms with Crippen molar-refractivity contribution < 1.29 is 8.42 Å². The van der Waals surface area contributed by atoms with Crippen molar-refractivity contribution >= 4 is 33.2 Å². The minimum absolute atomic E-state index is 0.0252. The molecule has 1 fully saturated rings. The van der Waals surface area contributed by atoms with E-state index >= 15 is 0 Å². The van der Waals surface area contributed by atoms with E-state index in [1.54, 1.807) is 6.07 Å². The summed E-state index contributed by atoms with van der Waals surface area (Å²) in [7, 11) is -3.62. The molecule has 0 amide bonds. The van der Waals surface area contributed by atoms with Gasteiger partial charge >= 0.3 is 0 Å². The summed E-state index contributed by atoms with van der Waals surface area (Å²) in [5, 5.41) is 0.547. The average molecular weight is 337 g/mol. The topological polar surface area (TPSA) is 63.4 Å². The molecular formula is C13H18Cl2N2O2S. The van der Waals surface area contributed by atoms with E-state index in [9.17, 15) is 8.42 Å². The van der Waals surface area contributed by atoms with Gasteiger partial charge in [-0.2, -0.15) is 4.31 Å². The lowest BCUT2D eigenvalue weighted by Crippen LogP contribution is -2.45. The van der Waals surface area contributed by atoms with Gasteiger partial charge in [0.05, 0.1) is 5.02 Å². The highest BCUT2D eigenvalue weighted by atomic mass is 35.5. The molecule has 2 rings (SSSR count). The Morgan fingerprint density at radius 1 is 1.40 bits per heavy atom. The number of hydrogen-bond acceptors (Lipinski definition) is 3. The number of benzene rings is 1. The van der Waals surface area contributed by atoms with Crippen molar-refractivity contribution in [3.05, 3.63) is 28.2 Å². The van der Waals surface area contributed by atoms with Gasteiger partial charge in [-0.05, 0) is 43.9 Å². The van der Waals surface area contributed by atoms with E-state index in [-0.39, 0.29) is 21.9 Å². The number of halogens is 2. The predicted molar refractivity (Wildman–Crippen MR) is 81.6 cm³/mol. The number of hydrogen-bond donors (Lipinski definition) is 1. The second-order valence-corrected chi connectivity index (χ2v) is 7.95. The first-order valence-electron chi connectivity index (χ1n) is 6.53. The van der Waals surface area contributed by atoms with Crippen LogP contribution in [0, 0.1) is 5.92 Å². The number of rotatable bonds is 3. The molecule has 0 aromatic heterocycles. The van der Waals surface area contributed by atoms with Crippen molar-refractivity contribution in [2.75, 3.05) is 13.1 Å². The average Bonchev–Trinajstić information content (AvgIpc) is 2.41. The molecule has 1 aromatic rings. The summed E-state index contributed by atoms with van der Waals surface area (Å²) in [5.74, 6) is 0.177. The van der Waals surface area contributed by atoms with E-state index < -0.39 is 10.0 Å². The largest absolute Gasteiger partial charge is 0.328 e. The third-order valence-electron chi connectivity index (χ3n) is 3.68. The second-order valence-electron chi connectivity index (χ2n) is 5.20. The molecule has 7 heteroatoms. The van der Waals surface area contributed by atoms with Crippen molar-refractivity contribution in [3.8, 4) is 0 Å². The van der Waals surface area contributed by atoms with Gasteiger partial charge < -0.3 is 5.73 Å². The molecule has 1 aliphatic rings. The van der Waals surface area contributed by atoms with E-state index in [2.05, 4.69) is 0 Å². The van der Waals surface area contributed by atoms with Gasteiger partial charge in [0.15, 0.2) is 0 Å². The van der Waals surface area contributed by atoms with Crippen LogP contribution in [-0.4, -0.2) is 31.9 Å². The van der Waals surface area contributed by atoms with Crippen molar-refractivity contribution in [1.29, 1.82) is 0 Å². The summed E-state index contributed by atoms with van der Waals surface area (Å²) in [6.45, 7) is 2.84. The number of piperidine rings is 1. The predicted octanol–water partition coefficient (Wildman–Crippen LogP) is 2.74. The summed E-state index contributed by atoms with van der Waals surface area (Å²) < 4.78 is 26.8. The van der Waals surface area contributed by atoms with Crippen LogP contribution >= 0.6 is 23.2 Å². The summed E-state index contributed by atoms with van der Waals surface area (Å²) in [6.07, 6.45) is 1.76. The Bertz CT molecular complexity index is 590.